The fourth-order valence-electron chi connectivity index (χ4n) is 5.10. The van der Waals surface area contributed by atoms with Crippen LogP contribution in [0, 0.1) is 11.8 Å². The maximum absolute atomic E-state index is 12.2. The molecule has 26 heavy (non-hydrogen) atoms. The molecule has 4 nitrogen and oxygen atoms in total. The predicted molar refractivity (Wildman–Crippen MR) is 98.9 cm³/mol. The van der Waals surface area contributed by atoms with Crippen molar-refractivity contribution in [3.8, 4) is 11.1 Å². The van der Waals surface area contributed by atoms with Crippen LogP contribution in [0.5, 0.6) is 0 Å². The summed E-state index contributed by atoms with van der Waals surface area (Å²) in [6.07, 6.45) is 2.57. The van der Waals surface area contributed by atoms with Gasteiger partial charge in [0.25, 0.3) is 0 Å². The molecule has 4 aliphatic carbocycles. The highest BCUT2D eigenvalue weighted by Crippen LogP contribution is 2.54. The van der Waals surface area contributed by atoms with E-state index in [-0.39, 0.29) is 5.92 Å². The molecule has 0 saturated heterocycles. The lowest BCUT2D eigenvalue weighted by molar-refractivity contribution is 0.0104. The molecule has 3 saturated carbocycles. The maximum atomic E-state index is 12.2. The lowest BCUT2D eigenvalue weighted by Gasteiger charge is -2.30. The van der Waals surface area contributed by atoms with Crippen LogP contribution in [-0.4, -0.2) is 30.0 Å². The number of ether oxygens (including phenoxy) is 1. The second-order valence-electron chi connectivity index (χ2n) is 8.02. The molecular formula is C22H23NO3. The molecule has 0 heterocycles. The number of carbonyl (C=O) groups excluding carboxylic acids is 1. The molecule has 1 unspecified atom stereocenters. The van der Waals surface area contributed by atoms with Crippen LogP contribution in [0.4, 0.5) is 4.79 Å². The summed E-state index contributed by atoms with van der Waals surface area (Å²) in [5, 5.41) is 13.4. The van der Waals surface area contributed by atoms with Gasteiger partial charge in [0.05, 0.1) is 5.60 Å². The van der Waals surface area contributed by atoms with E-state index < -0.39 is 11.7 Å². The first-order valence-corrected chi connectivity index (χ1v) is 9.45. The van der Waals surface area contributed by atoms with Crippen molar-refractivity contribution in [2.24, 2.45) is 11.8 Å². The van der Waals surface area contributed by atoms with E-state index in [0.717, 1.165) is 19.3 Å². The monoisotopic (exact) mass is 349 g/mol. The third-order valence-corrected chi connectivity index (χ3v) is 6.52. The summed E-state index contributed by atoms with van der Waals surface area (Å²) in [6, 6.07) is 16.6. The molecule has 3 fully saturated rings. The molecule has 2 N–H and O–H groups in total. The van der Waals surface area contributed by atoms with Gasteiger partial charge in [0.1, 0.15) is 6.61 Å². The molecule has 0 radical (unpaired) electrons. The molecule has 2 aromatic rings. The minimum atomic E-state index is -0.726. The van der Waals surface area contributed by atoms with Gasteiger partial charge in [-0.05, 0) is 53.4 Å². The van der Waals surface area contributed by atoms with E-state index in [2.05, 4.69) is 29.6 Å². The van der Waals surface area contributed by atoms with Crippen molar-refractivity contribution in [1.29, 1.82) is 0 Å². The molecule has 4 heteroatoms. The fraction of sp³-hybridized carbons (Fsp3) is 0.409. The van der Waals surface area contributed by atoms with Crippen LogP contribution in [0.15, 0.2) is 48.5 Å². The number of aliphatic hydroxyl groups is 1. The van der Waals surface area contributed by atoms with Crippen LogP contribution >= 0.6 is 0 Å². The van der Waals surface area contributed by atoms with E-state index in [1.165, 1.54) is 22.3 Å². The van der Waals surface area contributed by atoms with Gasteiger partial charge in [-0.1, -0.05) is 48.5 Å². The van der Waals surface area contributed by atoms with E-state index in [0.29, 0.717) is 25.0 Å². The summed E-state index contributed by atoms with van der Waals surface area (Å²) >= 11 is 0. The van der Waals surface area contributed by atoms with Crippen LogP contribution in [-0.2, 0) is 4.74 Å². The van der Waals surface area contributed by atoms with Gasteiger partial charge in [0.15, 0.2) is 0 Å². The van der Waals surface area contributed by atoms with E-state index in [4.69, 9.17) is 4.74 Å². The molecular weight excluding hydrogens is 326 g/mol. The maximum Gasteiger partial charge on any atom is 0.407 e. The Morgan fingerprint density at radius 3 is 2.27 bits per heavy atom. The van der Waals surface area contributed by atoms with Crippen molar-refractivity contribution < 1.29 is 14.6 Å². The van der Waals surface area contributed by atoms with Crippen molar-refractivity contribution in [2.75, 3.05) is 13.2 Å². The molecule has 0 aromatic heterocycles. The van der Waals surface area contributed by atoms with Gasteiger partial charge in [-0.25, -0.2) is 4.79 Å². The second kappa shape index (κ2) is 5.85. The number of alkyl carbamates (subject to hydrolysis) is 1. The minimum Gasteiger partial charge on any atom is -0.449 e. The number of hydrogen-bond acceptors (Lipinski definition) is 3. The first-order chi connectivity index (χ1) is 12.6. The van der Waals surface area contributed by atoms with Gasteiger partial charge in [-0.15, -0.1) is 0 Å². The van der Waals surface area contributed by atoms with Gasteiger partial charge in [0.2, 0.25) is 0 Å². The Kier molecular flexibility index (Phi) is 3.57. The number of rotatable bonds is 4. The molecule has 4 aliphatic rings. The summed E-state index contributed by atoms with van der Waals surface area (Å²) in [5.41, 5.74) is 4.12. The lowest BCUT2D eigenvalue weighted by atomic mass is 9.81. The first-order valence-electron chi connectivity index (χ1n) is 9.45. The Labute approximate surface area is 153 Å². The second-order valence-corrected chi connectivity index (χ2v) is 8.02. The standard InChI is InChI=1S/C22H23NO3/c24-21(23-13-22(25)11-14-9-15(22)10-14)26-12-20-18-7-3-1-5-16(18)17-6-2-4-8-19(17)20/h1-8,14-15,20,25H,9-13H2,(H,23,24). The number of carbonyl (C=O) groups is 1. The third kappa shape index (κ3) is 2.43. The zero-order valence-corrected chi connectivity index (χ0v) is 14.7. The van der Waals surface area contributed by atoms with E-state index in [9.17, 15) is 9.90 Å². The Hall–Kier alpha value is -2.33. The molecule has 6 rings (SSSR count). The normalized spacial score (nSPS) is 28.2. The number of benzene rings is 2. The van der Waals surface area contributed by atoms with Crippen LogP contribution in [0.1, 0.15) is 36.3 Å². The molecule has 2 aromatic carbocycles. The van der Waals surface area contributed by atoms with Crippen molar-refractivity contribution in [1.82, 2.24) is 5.32 Å². The number of fused-ring (bicyclic) bond motifs is 4. The SMILES string of the molecule is O=C(NCC1(O)CC2CC1C2)OCC1c2ccccc2-c2ccccc21. The molecule has 0 spiro atoms. The van der Waals surface area contributed by atoms with Gasteiger partial charge < -0.3 is 15.2 Å². The topological polar surface area (TPSA) is 58.6 Å². The van der Waals surface area contributed by atoms with Crippen molar-refractivity contribution in [2.45, 2.75) is 30.8 Å². The van der Waals surface area contributed by atoms with Gasteiger partial charge >= 0.3 is 6.09 Å². The highest BCUT2D eigenvalue weighted by Gasteiger charge is 2.54. The minimum absolute atomic E-state index is 0.0653. The number of nitrogens with one attached hydrogen (secondary N) is 1. The van der Waals surface area contributed by atoms with Gasteiger partial charge in [-0.2, -0.15) is 0 Å². The zero-order chi connectivity index (χ0) is 17.7. The Morgan fingerprint density at radius 1 is 1.08 bits per heavy atom. The Bertz CT molecular complexity index is 812. The average molecular weight is 349 g/mol. The number of amides is 1. The molecule has 0 aliphatic heterocycles. The zero-order valence-electron chi connectivity index (χ0n) is 14.7. The predicted octanol–water partition coefficient (Wildman–Crippen LogP) is 3.69. The molecule has 2 bridgehead atoms. The summed E-state index contributed by atoms with van der Waals surface area (Å²) in [5.74, 6) is 1.06. The molecule has 1 atom stereocenters. The summed E-state index contributed by atoms with van der Waals surface area (Å²) in [4.78, 5) is 12.2. The molecule has 1 amide bonds. The fourth-order valence-corrected chi connectivity index (χ4v) is 5.10. The van der Waals surface area contributed by atoms with Crippen LogP contribution in [0.2, 0.25) is 0 Å². The van der Waals surface area contributed by atoms with Gasteiger partial charge in [0, 0.05) is 12.5 Å². The highest BCUT2D eigenvalue weighted by atomic mass is 16.5. The third-order valence-electron chi connectivity index (χ3n) is 6.52. The van der Waals surface area contributed by atoms with E-state index in [1.807, 2.05) is 24.3 Å². The van der Waals surface area contributed by atoms with E-state index in [1.54, 1.807) is 0 Å². The summed E-state index contributed by atoms with van der Waals surface area (Å²) in [6.45, 7) is 0.606. The van der Waals surface area contributed by atoms with Crippen LogP contribution in [0.25, 0.3) is 11.1 Å². The van der Waals surface area contributed by atoms with Gasteiger partial charge in [-0.3, -0.25) is 0 Å². The highest BCUT2D eigenvalue weighted by molar-refractivity contribution is 5.79. The smallest absolute Gasteiger partial charge is 0.407 e. The van der Waals surface area contributed by atoms with Crippen molar-refractivity contribution in [3.05, 3.63) is 59.7 Å². The molecule has 134 valence electrons. The van der Waals surface area contributed by atoms with E-state index >= 15 is 0 Å². The Morgan fingerprint density at radius 2 is 1.69 bits per heavy atom. The van der Waals surface area contributed by atoms with Crippen molar-refractivity contribution in [3.63, 3.8) is 0 Å². The summed E-state index contributed by atoms with van der Waals surface area (Å²) in [7, 11) is 0. The Balaban J connectivity index is 1.25. The number of hydrogen-bond donors (Lipinski definition) is 2. The average Bonchev–Trinajstić information content (AvgIpc) is 3.24. The van der Waals surface area contributed by atoms with Crippen LogP contribution in [0.3, 0.4) is 0 Å². The first kappa shape index (κ1) is 15.9. The van der Waals surface area contributed by atoms with Crippen LogP contribution < -0.4 is 5.32 Å². The quantitative estimate of drug-likeness (QED) is 0.885. The summed E-state index contributed by atoms with van der Waals surface area (Å²) < 4.78 is 5.53. The lowest BCUT2D eigenvalue weighted by Crippen LogP contribution is -2.44. The van der Waals surface area contributed by atoms with Crippen molar-refractivity contribution >= 4 is 6.09 Å². The largest absolute Gasteiger partial charge is 0.449 e.